The van der Waals surface area contributed by atoms with Gasteiger partial charge in [0.25, 0.3) is 5.91 Å². The number of thioether (sulfide) groups is 1. The Bertz CT molecular complexity index is 924. The van der Waals surface area contributed by atoms with E-state index in [1.54, 1.807) is 0 Å². The minimum absolute atomic E-state index is 0.000296. The van der Waals surface area contributed by atoms with Crippen molar-refractivity contribution in [2.24, 2.45) is 5.10 Å². The van der Waals surface area contributed by atoms with Crippen molar-refractivity contribution in [2.45, 2.75) is 13.0 Å². The first kappa shape index (κ1) is 21.6. The number of nitrogens with zero attached hydrogens (tertiary/aromatic N) is 3. The lowest BCUT2D eigenvalue weighted by Gasteiger charge is -2.22. The smallest absolute Gasteiger partial charge is 0.414 e. The van der Waals surface area contributed by atoms with Crippen LogP contribution in [0.4, 0.5) is 14.9 Å². The average Bonchev–Trinajstić information content (AvgIpc) is 3.08. The van der Waals surface area contributed by atoms with Gasteiger partial charge in [-0.15, -0.1) is 0 Å². The van der Waals surface area contributed by atoms with Crippen LogP contribution in [0.5, 0.6) is 0 Å². The van der Waals surface area contributed by atoms with E-state index in [0.29, 0.717) is 0 Å². The molecule has 3 amide bonds. The van der Waals surface area contributed by atoms with Gasteiger partial charge in [-0.3, -0.25) is 19.3 Å². The number of ether oxygens (including phenoxy) is 2. The summed E-state index contributed by atoms with van der Waals surface area (Å²) in [4.78, 5) is 47.7. The Balaban J connectivity index is 1.76. The molecule has 0 radical (unpaired) electrons. The second kappa shape index (κ2) is 9.11. The van der Waals surface area contributed by atoms with Gasteiger partial charge in [0, 0.05) is 12.5 Å². The third-order valence-corrected chi connectivity index (χ3v) is 5.25. The van der Waals surface area contributed by atoms with E-state index in [0.717, 1.165) is 16.8 Å². The molecule has 0 aliphatic carbocycles. The molecular weight excluding hydrogens is 419 g/mol. The Hall–Kier alpha value is -3.15. The highest BCUT2D eigenvalue weighted by Gasteiger charge is 2.33. The van der Waals surface area contributed by atoms with Crippen LogP contribution in [0, 0.1) is 5.82 Å². The van der Waals surface area contributed by atoms with Crippen LogP contribution in [-0.4, -0.2) is 72.5 Å². The lowest BCUT2D eigenvalue weighted by Crippen LogP contribution is -2.37. The lowest BCUT2D eigenvalue weighted by atomic mass is 10.2. The summed E-state index contributed by atoms with van der Waals surface area (Å²) in [7, 11) is 1.19. The predicted octanol–water partition coefficient (Wildman–Crippen LogP) is 0.697. The Morgan fingerprint density at radius 1 is 1.40 bits per heavy atom. The summed E-state index contributed by atoms with van der Waals surface area (Å²) in [5.74, 6) is -1.93. The summed E-state index contributed by atoms with van der Waals surface area (Å²) in [6.45, 7) is 1.31. The number of hydrogen-bond acceptors (Lipinski definition) is 8. The number of nitrogens with one attached hydrogen (secondary N) is 1. The molecule has 0 saturated carbocycles. The van der Waals surface area contributed by atoms with E-state index >= 15 is 0 Å². The van der Waals surface area contributed by atoms with Crippen LogP contribution in [0.1, 0.15) is 12.5 Å². The van der Waals surface area contributed by atoms with Crippen molar-refractivity contribution in [3.63, 3.8) is 0 Å². The number of hydrogen-bond donors (Lipinski definition) is 1. The number of rotatable bonds is 6. The van der Waals surface area contributed by atoms with E-state index in [-0.39, 0.29) is 47.6 Å². The van der Waals surface area contributed by atoms with Gasteiger partial charge in [-0.2, -0.15) is 5.10 Å². The van der Waals surface area contributed by atoms with Gasteiger partial charge in [0.1, 0.15) is 23.5 Å². The summed E-state index contributed by atoms with van der Waals surface area (Å²) in [6, 6.07) is 4.14. The molecule has 1 aromatic rings. The molecule has 2 aliphatic heterocycles. The second-order valence-electron chi connectivity index (χ2n) is 6.44. The van der Waals surface area contributed by atoms with Crippen LogP contribution in [0.15, 0.2) is 23.3 Å². The van der Waals surface area contributed by atoms with Crippen LogP contribution < -0.4 is 10.2 Å². The van der Waals surface area contributed by atoms with E-state index in [1.807, 2.05) is 0 Å². The summed E-state index contributed by atoms with van der Waals surface area (Å²) < 4.78 is 24.5. The molecule has 1 atom stereocenters. The molecule has 30 heavy (non-hydrogen) atoms. The fourth-order valence-corrected chi connectivity index (χ4v) is 3.67. The fourth-order valence-electron chi connectivity index (χ4n) is 2.78. The first-order valence-corrected chi connectivity index (χ1v) is 9.88. The number of amides is 3. The summed E-state index contributed by atoms with van der Waals surface area (Å²) in [5, 5.41) is 7.79. The molecule has 12 heteroatoms. The number of cyclic esters (lactones) is 1. The van der Waals surface area contributed by atoms with Gasteiger partial charge in [-0.1, -0.05) is 11.8 Å². The maximum Gasteiger partial charge on any atom is 0.414 e. The fraction of sp³-hybridized carbons (Fsp3) is 0.389. The summed E-state index contributed by atoms with van der Waals surface area (Å²) in [6.07, 6.45) is -1.18. The maximum absolute atomic E-state index is 14.8. The van der Waals surface area contributed by atoms with Gasteiger partial charge in [0.2, 0.25) is 5.91 Å². The van der Waals surface area contributed by atoms with Crippen LogP contribution >= 0.6 is 11.8 Å². The number of carbonyl (C=O) groups is 4. The van der Waals surface area contributed by atoms with E-state index in [4.69, 9.17) is 4.74 Å². The minimum Gasteiger partial charge on any atom is -0.468 e. The molecule has 0 aromatic heterocycles. The van der Waals surface area contributed by atoms with Crippen molar-refractivity contribution >= 4 is 46.4 Å². The first-order valence-electron chi connectivity index (χ1n) is 8.89. The molecule has 1 aromatic carbocycles. The van der Waals surface area contributed by atoms with E-state index in [2.05, 4.69) is 15.2 Å². The SMILES string of the molecule is COC(=O)CN1N=C(c2ccc(N3C[C@H](CNC(C)=O)OC3=O)cc2F)SCC1=O. The minimum atomic E-state index is -0.649. The number of carbonyl (C=O) groups excluding carboxylic acids is 4. The number of esters is 1. The summed E-state index contributed by atoms with van der Waals surface area (Å²) >= 11 is 1.05. The van der Waals surface area contributed by atoms with Crippen molar-refractivity contribution in [3.05, 3.63) is 29.6 Å². The Morgan fingerprint density at radius 3 is 2.83 bits per heavy atom. The molecule has 2 heterocycles. The molecule has 0 bridgehead atoms. The van der Waals surface area contributed by atoms with Crippen molar-refractivity contribution in [1.82, 2.24) is 10.3 Å². The van der Waals surface area contributed by atoms with Crippen LogP contribution in [0.2, 0.25) is 0 Å². The molecule has 10 nitrogen and oxygen atoms in total. The van der Waals surface area contributed by atoms with Gasteiger partial charge >= 0.3 is 12.1 Å². The molecule has 1 N–H and O–H groups in total. The lowest BCUT2D eigenvalue weighted by molar-refractivity contribution is -0.146. The van der Waals surface area contributed by atoms with Gasteiger partial charge in [0.05, 0.1) is 31.6 Å². The largest absolute Gasteiger partial charge is 0.468 e. The zero-order valence-corrected chi connectivity index (χ0v) is 17.0. The molecule has 0 spiro atoms. The zero-order chi connectivity index (χ0) is 21.8. The van der Waals surface area contributed by atoms with Crippen molar-refractivity contribution in [2.75, 3.05) is 37.4 Å². The van der Waals surface area contributed by atoms with E-state index < -0.39 is 29.9 Å². The quantitative estimate of drug-likeness (QED) is 0.650. The predicted molar refractivity (Wildman–Crippen MR) is 105 cm³/mol. The molecule has 0 unspecified atom stereocenters. The second-order valence-corrected chi connectivity index (χ2v) is 7.40. The molecule has 3 rings (SSSR count). The molecule has 1 saturated heterocycles. The van der Waals surface area contributed by atoms with E-state index in [9.17, 15) is 23.6 Å². The van der Waals surface area contributed by atoms with Crippen molar-refractivity contribution in [3.8, 4) is 0 Å². The van der Waals surface area contributed by atoms with Crippen molar-refractivity contribution in [1.29, 1.82) is 0 Å². The number of halogens is 1. The average molecular weight is 438 g/mol. The monoisotopic (exact) mass is 438 g/mol. The summed E-state index contributed by atoms with van der Waals surface area (Å²) in [5.41, 5.74) is 0.420. The number of hydrazone groups is 1. The Morgan fingerprint density at radius 2 is 2.17 bits per heavy atom. The molecule has 2 aliphatic rings. The molecular formula is C18H19FN4O6S. The zero-order valence-electron chi connectivity index (χ0n) is 16.2. The van der Waals surface area contributed by atoms with Crippen LogP contribution in [-0.2, 0) is 23.9 Å². The Labute approximate surface area is 175 Å². The van der Waals surface area contributed by atoms with Crippen LogP contribution in [0.25, 0.3) is 0 Å². The van der Waals surface area contributed by atoms with Gasteiger partial charge < -0.3 is 14.8 Å². The topological polar surface area (TPSA) is 118 Å². The highest BCUT2D eigenvalue weighted by molar-refractivity contribution is 8.15. The maximum atomic E-state index is 14.8. The van der Waals surface area contributed by atoms with Gasteiger partial charge in [-0.25, -0.2) is 14.2 Å². The normalized spacial score (nSPS) is 18.8. The molecule has 1 fully saturated rings. The number of benzene rings is 1. The highest BCUT2D eigenvalue weighted by atomic mass is 32.2. The van der Waals surface area contributed by atoms with Crippen molar-refractivity contribution < 1.29 is 33.0 Å². The third kappa shape index (κ3) is 4.87. The Kier molecular flexibility index (Phi) is 6.55. The van der Waals surface area contributed by atoms with Crippen LogP contribution in [0.3, 0.4) is 0 Å². The number of methoxy groups -OCH3 is 1. The highest BCUT2D eigenvalue weighted by Crippen LogP contribution is 2.27. The standard InChI is InChI=1S/C18H19FN4O6S/c1-10(24)20-6-12-7-22(18(27)29-12)11-3-4-13(14(19)5-11)17-21-23(8-16(26)28-2)15(25)9-30-17/h3-5,12H,6-9H2,1-2H3,(H,20,24)/t12-/m0/s1. The van der Waals surface area contributed by atoms with Gasteiger partial charge in [0.15, 0.2) is 0 Å². The number of anilines is 1. The third-order valence-electron chi connectivity index (χ3n) is 4.29. The van der Waals surface area contributed by atoms with E-state index in [1.165, 1.54) is 37.1 Å². The first-order chi connectivity index (χ1) is 14.3. The molecule has 160 valence electrons. The van der Waals surface area contributed by atoms with Gasteiger partial charge in [-0.05, 0) is 18.2 Å².